The first-order valence-corrected chi connectivity index (χ1v) is 11.2. The van der Waals surface area contributed by atoms with E-state index in [2.05, 4.69) is 135 Å². The molecular formula is C29H34N2. The van der Waals surface area contributed by atoms with Crippen LogP contribution in [-0.2, 0) is 0 Å². The number of benzene rings is 2. The van der Waals surface area contributed by atoms with Gasteiger partial charge in [0.1, 0.15) is 0 Å². The highest BCUT2D eigenvalue weighted by atomic mass is 15.2. The molecule has 0 atom stereocenters. The Morgan fingerprint density at radius 2 is 1.84 bits per heavy atom. The molecule has 3 rings (SSSR count). The average molecular weight is 411 g/mol. The monoisotopic (exact) mass is 410 g/mol. The molecule has 0 unspecified atom stereocenters. The van der Waals surface area contributed by atoms with Crippen LogP contribution in [0.2, 0.25) is 0 Å². The van der Waals surface area contributed by atoms with E-state index in [1.807, 2.05) is 0 Å². The number of hydrogen-bond acceptors (Lipinski definition) is 2. The predicted octanol–water partition coefficient (Wildman–Crippen LogP) is 7.79. The molecule has 1 aliphatic rings. The van der Waals surface area contributed by atoms with Crippen molar-refractivity contribution < 1.29 is 0 Å². The van der Waals surface area contributed by atoms with Gasteiger partial charge in [0, 0.05) is 41.4 Å². The van der Waals surface area contributed by atoms with Gasteiger partial charge in [0.05, 0.1) is 0 Å². The van der Waals surface area contributed by atoms with E-state index in [4.69, 9.17) is 0 Å². The fourth-order valence-corrected chi connectivity index (χ4v) is 3.87. The van der Waals surface area contributed by atoms with Crippen LogP contribution in [0.15, 0.2) is 103 Å². The molecule has 2 aromatic rings. The van der Waals surface area contributed by atoms with Crippen LogP contribution < -0.4 is 4.90 Å². The normalized spacial score (nSPS) is 14.5. The molecule has 1 aliphatic heterocycles. The molecule has 0 bridgehead atoms. The summed E-state index contributed by atoms with van der Waals surface area (Å²) >= 11 is 0. The van der Waals surface area contributed by atoms with Crippen LogP contribution >= 0.6 is 0 Å². The van der Waals surface area contributed by atoms with Crippen molar-refractivity contribution in [2.24, 2.45) is 0 Å². The fraction of sp³-hybridized carbons (Fsp3) is 0.241. The molecule has 2 heteroatoms. The van der Waals surface area contributed by atoms with Crippen LogP contribution in [0.4, 0.5) is 11.4 Å². The second-order valence-corrected chi connectivity index (χ2v) is 7.65. The Balaban J connectivity index is 2.08. The Hall–Kier alpha value is -3.26. The van der Waals surface area contributed by atoms with E-state index in [1.54, 1.807) is 0 Å². The van der Waals surface area contributed by atoms with Crippen LogP contribution in [-0.4, -0.2) is 18.0 Å². The van der Waals surface area contributed by atoms with Gasteiger partial charge in [0.15, 0.2) is 0 Å². The quantitative estimate of drug-likeness (QED) is 0.324. The van der Waals surface area contributed by atoms with Gasteiger partial charge in [-0.25, -0.2) is 0 Å². The van der Waals surface area contributed by atoms with Gasteiger partial charge >= 0.3 is 0 Å². The zero-order valence-electron chi connectivity index (χ0n) is 19.3. The summed E-state index contributed by atoms with van der Waals surface area (Å²) in [5, 5.41) is 0. The summed E-state index contributed by atoms with van der Waals surface area (Å²) in [5.41, 5.74) is 7.33. The summed E-state index contributed by atoms with van der Waals surface area (Å²) in [4.78, 5) is 4.76. The first-order valence-electron chi connectivity index (χ1n) is 11.2. The number of rotatable bonds is 8. The van der Waals surface area contributed by atoms with Crippen LogP contribution in [0.1, 0.15) is 38.3 Å². The maximum absolute atomic E-state index is 2.44. The van der Waals surface area contributed by atoms with Crippen molar-refractivity contribution >= 4 is 17.1 Å². The van der Waals surface area contributed by atoms with Gasteiger partial charge in [0.25, 0.3) is 0 Å². The Morgan fingerprint density at radius 1 is 1.03 bits per heavy atom. The van der Waals surface area contributed by atoms with E-state index < -0.39 is 0 Å². The summed E-state index contributed by atoms with van der Waals surface area (Å²) in [6, 6.07) is 17.4. The van der Waals surface area contributed by atoms with E-state index >= 15 is 0 Å². The van der Waals surface area contributed by atoms with Crippen molar-refractivity contribution in [2.75, 3.05) is 18.0 Å². The van der Waals surface area contributed by atoms with E-state index in [-0.39, 0.29) is 0 Å². The highest BCUT2D eigenvalue weighted by Crippen LogP contribution is 2.34. The molecule has 0 aliphatic carbocycles. The molecule has 0 N–H and O–H groups in total. The smallest absolute Gasteiger partial charge is 0.0468 e. The molecule has 0 saturated carbocycles. The summed E-state index contributed by atoms with van der Waals surface area (Å²) < 4.78 is 0. The lowest BCUT2D eigenvalue weighted by Gasteiger charge is -2.31. The summed E-state index contributed by atoms with van der Waals surface area (Å²) in [5.74, 6) is 0. The van der Waals surface area contributed by atoms with Gasteiger partial charge in [-0.3, -0.25) is 0 Å². The zero-order valence-corrected chi connectivity index (χ0v) is 19.3. The lowest BCUT2D eigenvalue weighted by atomic mass is 10.0. The molecule has 0 radical (unpaired) electrons. The molecule has 2 aromatic carbocycles. The minimum absolute atomic E-state index is 0.925. The number of hydrogen-bond donors (Lipinski definition) is 0. The van der Waals surface area contributed by atoms with E-state index in [0.717, 1.165) is 36.6 Å². The topological polar surface area (TPSA) is 6.48 Å². The molecule has 160 valence electrons. The zero-order chi connectivity index (χ0) is 22.1. The summed E-state index contributed by atoms with van der Waals surface area (Å²) in [6.45, 7) is 10.4. The fourth-order valence-electron chi connectivity index (χ4n) is 3.87. The largest absolute Gasteiger partial charge is 0.364 e. The van der Waals surface area contributed by atoms with Gasteiger partial charge in [-0.2, -0.15) is 0 Å². The molecule has 2 nitrogen and oxygen atoms in total. The van der Waals surface area contributed by atoms with Crippen molar-refractivity contribution in [1.29, 1.82) is 0 Å². The Kier molecular flexibility index (Phi) is 8.12. The maximum Gasteiger partial charge on any atom is 0.0468 e. The molecule has 31 heavy (non-hydrogen) atoms. The van der Waals surface area contributed by atoms with Crippen molar-refractivity contribution in [1.82, 2.24) is 4.90 Å². The molecule has 0 amide bonds. The van der Waals surface area contributed by atoms with Gasteiger partial charge in [-0.1, -0.05) is 67.6 Å². The third-order valence-corrected chi connectivity index (χ3v) is 5.45. The SMILES string of the molecule is C/C=C\C(=C/C)N(c1ccccc1)c1ccc(C)c(C2=CC=CCN2CC=CCC)c1. The highest BCUT2D eigenvalue weighted by Gasteiger charge is 2.18. The second kappa shape index (κ2) is 11.2. The Bertz CT molecular complexity index is 1010. The third kappa shape index (κ3) is 5.46. The molecule has 0 fully saturated rings. The van der Waals surface area contributed by atoms with Crippen LogP contribution in [0.5, 0.6) is 0 Å². The molecule has 0 saturated heterocycles. The predicted molar refractivity (Wildman–Crippen MR) is 136 cm³/mol. The van der Waals surface area contributed by atoms with Crippen molar-refractivity contribution in [3.05, 3.63) is 114 Å². The van der Waals surface area contributed by atoms with Crippen LogP contribution in [0.25, 0.3) is 5.70 Å². The maximum atomic E-state index is 2.44. The van der Waals surface area contributed by atoms with E-state index in [1.165, 1.54) is 16.8 Å². The first kappa shape index (κ1) is 22.4. The molecule has 0 spiro atoms. The minimum Gasteiger partial charge on any atom is -0.364 e. The number of aryl methyl sites for hydroxylation is 1. The van der Waals surface area contributed by atoms with Gasteiger partial charge in [-0.15, -0.1) is 0 Å². The molecule has 0 aromatic heterocycles. The standard InChI is InChI=1S/C29H34N2/c1-5-8-13-21-30-22-14-12-18-29(30)28-23-27(20-19-24(28)4)31(25(7-3)15-6-2)26-16-10-9-11-17-26/h6-20,23H,5,21-22H2,1-4H3/b13-8?,15-6-,25-7+. The van der Waals surface area contributed by atoms with Gasteiger partial charge < -0.3 is 9.80 Å². The van der Waals surface area contributed by atoms with E-state index in [0.29, 0.717) is 0 Å². The van der Waals surface area contributed by atoms with Crippen LogP contribution in [0, 0.1) is 6.92 Å². The van der Waals surface area contributed by atoms with Gasteiger partial charge in [0.2, 0.25) is 0 Å². The molecule has 1 heterocycles. The van der Waals surface area contributed by atoms with Crippen molar-refractivity contribution in [2.45, 2.75) is 34.1 Å². The average Bonchev–Trinajstić information content (AvgIpc) is 2.81. The van der Waals surface area contributed by atoms with Crippen LogP contribution in [0.3, 0.4) is 0 Å². The van der Waals surface area contributed by atoms with Crippen molar-refractivity contribution in [3.63, 3.8) is 0 Å². The summed E-state index contributed by atoms with van der Waals surface area (Å²) in [7, 11) is 0. The Morgan fingerprint density at radius 3 is 2.55 bits per heavy atom. The lowest BCUT2D eigenvalue weighted by molar-refractivity contribution is 0.482. The van der Waals surface area contributed by atoms with Crippen molar-refractivity contribution in [3.8, 4) is 0 Å². The lowest BCUT2D eigenvalue weighted by Crippen LogP contribution is -2.25. The number of anilines is 2. The molecular weight excluding hydrogens is 376 g/mol. The number of para-hydroxylation sites is 1. The third-order valence-electron chi connectivity index (χ3n) is 5.45. The van der Waals surface area contributed by atoms with Gasteiger partial charge in [-0.05, 0) is 69.2 Å². The Labute approximate surface area is 188 Å². The highest BCUT2D eigenvalue weighted by molar-refractivity contribution is 5.77. The number of nitrogens with zero attached hydrogens (tertiary/aromatic N) is 2. The summed E-state index contributed by atoms with van der Waals surface area (Å²) in [6.07, 6.45) is 18.6. The minimum atomic E-state index is 0.925. The van der Waals surface area contributed by atoms with E-state index in [9.17, 15) is 0 Å². The first-order chi connectivity index (χ1) is 15.2. The second-order valence-electron chi connectivity index (χ2n) is 7.65. The number of allylic oxidation sites excluding steroid dienone is 6.